The molecule has 0 aromatic carbocycles. The second-order valence-electron chi connectivity index (χ2n) is 2.44. The third-order valence-corrected chi connectivity index (χ3v) is 2.12. The molecule has 0 aliphatic rings. The third-order valence-electron chi connectivity index (χ3n) is 1.48. The molecule has 5 nitrogen and oxygen atoms in total. The van der Waals surface area contributed by atoms with E-state index in [-0.39, 0.29) is 0 Å². The Balaban J connectivity index is 2.14. The van der Waals surface area contributed by atoms with Gasteiger partial charge in [-0.25, -0.2) is 9.67 Å². The summed E-state index contributed by atoms with van der Waals surface area (Å²) < 4.78 is 1.58. The molecule has 0 saturated carbocycles. The van der Waals surface area contributed by atoms with Gasteiger partial charge >= 0.3 is 0 Å². The van der Waals surface area contributed by atoms with Crippen LogP contribution in [0.4, 0.5) is 0 Å². The first-order chi connectivity index (χ1) is 6.38. The fraction of sp³-hybridized carbons (Fsp3) is 0.143. The van der Waals surface area contributed by atoms with E-state index < -0.39 is 0 Å². The smallest absolute Gasteiger partial charge is 0.171 e. The zero-order valence-electron chi connectivity index (χ0n) is 6.62. The maximum absolute atomic E-state index is 10.3. The molecule has 2 aromatic heterocycles. The van der Waals surface area contributed by atoms with E-state index in [2.05, 4.69) is 15.3 Å². The number of hydrogen-bond acceptors (Lipinski definition) is 5. The Kier molecular flexibility index (Phi) is 2.13. The van der Waals surface area contributed by atoms with Crippen LogP contribution < -0.4 is 0 Å². The minimum absolute atomic E-state index is 0.343. The summed E-state index contributed by atoms with van der Waals surface area (Å²) in [5, 5.41) is 9.33. The summed E-state index contributed by atoms with van der Waals surface area (Å²) in [6, 6.07) is 0. The van der Waals surface area contributed by atoms with Crippen molar-refractivity contribution in [2.24, 2.45) is 0 Å². The lowest BCUT2D eigenvalue weighted by Crippen LogP contribution is -2.00. The second-order valence-corrected chi connectivity index (χ2v) is 3.16. The topological polar surface area (TPSA) is 60.7 Å². The van der Waals surface area contributed by atoms with E-state index in [9.17, 15) is 4.79 Å². The summed E-state index contributed by atoms with van der Waals surface area (Å²) >= 11 is 1.53. The number of carbonyl (C=O) groups excluding carboxylic acids is 1. The Labute approximate surface area is 78.0 Å². The van der Waals surface area contributed by atoms with Gasteiger partial charge in [-0.3, -0.25) is 4.79 Å². The van der Waals surface area contributed by atoms with Gasteiger partial charge in [0, 0.05) is 5.38 Å². The van der Waals surface area contributed by atoms with Gasteiger partial charge in [-0.05, 0) is 0 Å². The van der Waals surface area contributed by atoms with Crippen molar-refractivity contribution < 1.29 is 4.79 Å². The summed E-state index contributed by atoms with van der Waals surface area (Å²) in [5.41, 5.74) is 3.02. The van der Waals surface area contributed by atoms with Gasteiger partial charge in [0.1, 0.15) is 5.69 Å². The predicted molar refractivity (Wildman–Crippen MR) is 46.6 cm³/mol. The normalized spacial score (nSPS) is 10.2. The van der Waals surface area contributed by atoms with Gasteiger partial charge in [-0.2, -0.15) is 0 Å². The maximum Gasteiger partial charge on any atom is 0.171 e. The number of aromatic nitrogens is 4. The molecule has 13 heavy (non-hydrogen) atoms. The van der Waals surface area contributed by atoms with Crippen LogP contribution in [0.5, 0.6) is 0 Å². The number of nitrogens with zero attached hydrogens (tertiary/aromatic N) is 4. The fourth-order valence-electron chi connectivity index (χ4n) is 0.926. The van der Waals surface area contributed by atoms with Crippen LogP contribution in [0.1, 0.15) is 16.2 Å². The van der Waals surface area contributed by atoms with Crippen LogP contribution in [0, 0.1) is 0 Å². The lowest BCUT2D eigenvalue weighted by atomic mass is 10.5. The molecule has 2 heterocycles. The average molecular weight is 194 g/mol. The summed E-state index contributed by atoms with van der Waals surface area (Å²) in [7, 11) is 0. The molecule has 0 spiro atoms. The first-order valence-electron chi connectivity index (χ1n) is 3.61. The van der Waals surface area contributed by atoms with Gasteiger partial charge in [0.25, 0.3) is 0 Å². The molecule has 0 aliphatic carbocycles. The van der Waals surface area contributed by atoms with Gasteiger partial charge < -0.3 is 0 Å². The summed E-state index contributed by atoms with van der Waals surface area (Å²) in [5.74, 6) is 0. The Morgan fingerprint density at radius 2 is 2.54 bits per heavy atom. The highest BCUT2D eigenvalue weighted by Crippen LogP contribution is 2.02. The molecule has 0 amide bonds. The zero-order valence-corrected chi connectivity index (χ0v) is 7.44. The van der Waals surface area contributed by atoms with Crippen molar-refractivity contribution in [2.75, 3.05) is 0 Å². The SMILES string of the molecule is O=Cc1cn(Cc2cscn2)nn1. The molecule has 0 unspecified atom stereocenters. The van der Waals surface area contributed by atoms with Gasteiger partial charge in [0.05, 0.1) is 23.9 Å². The van der Waals surface area contributed by atoms with Crippen LogP contribution in [-0.2, 0) is 6.54 Å². The molecule has 2 aromatic rings. The average Bonchev–Trinajstić information content (AvgIpc) is 2.76. The van der Waals surface area contributed by atoms with Crippen molar-refractivity contribution in [1.82, 2.24) is 20.0 Å². The van der Waals surface area contributed by atoms with E-state index in [0.717, 1.165) is 5.69 Å². The molecule has 0 fully saturated rings. The van der Waals surface area contributed by atoms with Crippen molar-refractivity contribution in [3.63, 3.8) is 0 Å². The van der Waals surface area contributed by atoms with Crippen LogP contribution in [-0.4, -0.2) is 26.3 Å². The first-order valence-corrected chi connectivity index (χ1v) is 4.55. The van der Waals surface area contributed by atoms with Gasteiger partial charge in [-0.15, -0.1) is 16.4 Å². The van der Waals surface area contributed by atoms with E-state index >= 15 is 0 Å². The van der Waals surface area contributed by atoms with Crippen LogP contribution in [0.2, 0.25) is 0 Å². The molecule has 66 valence electrons. The quantitative estimate of drug-likeness (QED) is 0.671. The molecular formula is C7H6N4OS. The second kappa shape index (κ2) is 3.44. The minimum atomic E-state index is 0.343. The number of aldehydes is 1. The van der Waals surface area contributed by atoms with Gasteiger partial charge in [0.2, 0.25) is 0 Å². The number of thiazole rings is 1. The zero-order chi connectivity index (χ0) is 9.10. The standard InChI is InChI=1S/C7H6N4OS/c12-3-6-1-11(10-9-6)2-7-4-13-5-8-7/h1,3-5H,2H2. The molecular weight excluding hydrogens is 188 g/mol. The Bertz CT molecular complexity index is 394. The van der Waals surface area contributed by atoms with Gasteiger partial charge in [-0.1, -0.05) is 5.21 Å². The molecule has 0 radical (unpaired) electrons. The Morgan fingerprint density at radius 1 is 1.62 bits per heavy atom. The van der Waals surface area contributed by atoms with E-state index in [1.807, 2.05) is 5.38 Å². The molecule has 6 heteroatoms. The predicted octanol–water partition coefficient (Wildman–Crippen LogP) is 0.595. The number of rotatable bonds is 3. The Hall–Kier alpha value is -1.56. The number of carbonyl (C=O) groups is 1. The molecule has 0 atom stereocenters. The van der Waals surface area contributed by atoms with Crippen LogP contribution in [0.25, 0.3) is 0 Å². The van der Waals surface area contributed by atoms with E-state index in [0.29, 0.717) is 18.5 Å². The lowest BCUT2D eigenvalue weighted by Gasteiger charge is -1.93. The fourth-order valence-corrected chi connectivity index (χ4v) is 1.48. The van der Waals surface area contributed by atoms with Crippen LogP contribution >= 0.6 is 11.3 Å². The lowest BCUT2D eigenvalue weighted by molar-refractivity contribution is 0.111. The summed E-state index contributed by atoms with van der Waals surface area (Å²) in [4.78, 5) is 14.4. The largest absolute Gasteiger partial charge is 0.296 e. The summed E-state index contributed by atoms with van der Waals surface area (Å²) in [6.07, 6.45) is 2.26. The highest BCUT2D eigenvalue weighted by atomic mass is 32.1. The van der Waals surface area contributed by atoms with Crippen LogP contribution in [0.3, 0.4) is 0 Å². The molecule has 2 rings (SSSR count). The molecule has 0 aliphatic heterocycles. The van der Waals surface area contributed by atoms with E-state index in [1.54, 1.807) is 16.4 Å². The maximum atomic E-state index is 10.3. The molecule has 0 N–H and O–H groups in total. The van der Waals surface area contributed by atoms with Crippen molar-refractivity contribution in [1.29, 1.82) is 0 Å². The molecule has 0 bridgehead atoms. The van der Waals surface area contributed by atoms with Crippen molar-refractivity contribution in [2.45, 2.75) is 6.54 Å². The van der Waals surface area contributed by atoms with Crippen molar-refractivity contribution in [3.05, 3.63) is 28.5 Å². The van der Waals surface area contributed by atoms with Crippen molar-refractivity contribution in [3.8, 4) is 0 Å². The first kappa shape index (κ1) is 8.06. The van der Waals surface area contributed by atoms with Crippen LogP contribution in [0.15, 0.2) is 17.1 Å². The Morgan fingerprint density at radius 3 is 3.15 bits per heavy atom. The van der Waals surface area contributed by atoms with Gasteiger partial charge in [0.15, 0.2) is 6.29 Å². The van der Waals surface area contributed by atoms with E-state index in [1.165, 1.54) is 11.3 Å². The van der Waals surface area contributed by atoms with E-state index in [4.69, 9.17) is 0 Å². The monoisotopic (exact) mass is 194 g/mol. The minimum Gasteiger partial charge on any atom is -0.296 e. The van der Waals surface area contributed by atoms with Crippen molar-refractivity contribution >= 4 is 17.6 Å². The third kappa shape index (κ3) is 1.78. The highest BCUT2D eigenvalue weighted by Gasteiger charge is 2.00. The highest BCUT2D eigenvalue weighted by molar-refractivity contribution is 7.07. The summed E-state index contributed by atoms with van der Waals surface area (Å²) in [6.45, 7) is 0.560. The molecule has 0 saturated heterocycles. The number of hydrogen-bond donors (Lipinski definition) is 0.